The van der Waals surface area contributed by atoms with Crippen LogP contribution in [0.15, 0.2) is 18.2 Å². The maximum Gasteiger partial charge on any atom is 0.417 e. The highest BCUT2D eigenvalue weighted by Gasteiger charge is 2.63. The fourth-order valence-corrected chi connectivity index (χ4v) is 3.87. The number of amides is 2. The SMILES string of the molecule is CC(C)(C)OC(=O)N1C(=O)C2(CC2)C[C@@H]2Oc3cc(C(F)(F)F)ccc3[C@@H]21. The number of piperidine rings is 1. The summed E-state index contributed by atoms with van der Waals surface area (Å²) < 4.78 is 50.2. The first-order chi connectivity index (χ1) is 12.4. The maximum atomic E-state index is 13.0. The fourth-order valence-electron chi connectivity index (χ4n) is 3.87. The summed E-state index contributed by atoms with van der Waals surface area (Å²) in [6.45, 7) is 5.08. The van der Waals surface area contributed by atoms with Crippen LogP contribution in [-0.2, 0) is 15.7 Å². The summed E-state index contributed by atoms with van der Waals surface area (Å²) in [7, 11) is 0. The summed E-state index contributed by atoms with van der Waals surface area (Å²) >= 11 is 0. The average Bonchev–Trinajstić information content (AvgIpc) is 3.19. The number of hydrogen-bond donors (Lipinski definition) is 0. The molecule has 1 aromatic carbocycles. The van der Waals surface area contributed by atoms with Crippen LogP contribution in [-0.4, -0.2) is 28.6 Å². The molecule has 8 heteroatoms. The quantitative estimate of drug-likeness (QED) is 0.664. The Morgan fingerprint density at radius 1 is 1.26 bits per heavy atom. The Balaban J connectivity index is 1.74. The van der Waals surface area contributed by atoms with Crippen LogP contribution in [0.5, 0.6) is 5.75 Å². The highest BCUT2D eigenvalue weighted by Crippen LogP contribution is 2.59. The van der Waals surface area contributed by atoms with Gasteiger partial charge in [0.15, 0.2) is 0 Å². The smallest absolute Gasteiger partial charge is 0.417 e. The summed E-state index contributed by atoms with van der Waals surface area (Å²) in [6.07, 6.45) is -4.17. The standard InChI is InChI=1S/C19H20F3NO4/c1-17(2,3)27-16(25)23-14-11-5-4-10(19(20,21)22)8-12(11)26-13(14)9-18(6-7-18)15(23)24/h4-5,8,13-14H,6-7,9H2,1-3H3/t13-,14-/m0/s1. The number of halogens is 3. The van der Waals surface area contributed by atoms with Crippen molar-refractivity contribution in [2.45, 2.75) is 64.0 Å². The lowest BCUT2D eigenvalue weighted by atomic mass is 9.85. The lowest BCUT2D eigenvalue weighted by molar-refractivity contribution is -0.146. The number of carbonyl (C=O) groups is 2. The van der Waals surface area contributed by atoms with E-state index in [0.717, 1.165) is 17.0 Å². The Kier molecular flexibility index (Phi) is 3.62. The van der Waals surface area contributed by atoms with Crippen LogP contribution in [0.4, 0.5) is 18.0 Å². The van der Waals surface area contributed by atoms with E-state index >= 15 is 0 Å². The van der Waals surface area contributed by atoms with Gasteiger partial charge in [0.25, 0.3) is 0 Å². The summed E-state index contributed by atoms with van der Waals surface area (Å²) in [5.74, 6) is -0.256. The third-order valence-electron chi connectivity index (χ3n) is 5.28. The van der Waals surface area contributed by atoms with Crippen molar-refractivity contribution in [1.82, 2.24) is 4.90 Å². The molecular weight excluding hydrogens is 363 g/mol. The number of nitrogens with zero attached hydrogens (tertiary/aromatic N) is 1. The zero-order valence-corrected chi connectivity index (χ0v) is 15.2. The lowest BCUT2D eigenvalue weighted by Crippen LogP contribution is -2.54. The first-order valence-corrected chi connectivity index (χ1v) is 8.86. The molecule has 1 aromatic rings. The minimum atomic E-state index is -4.50. The minimum absolute atomic E-state index is 0.0684. The fraction of sp³-hybridized carbons (Fsp3) is 0.579. The Labute approximate surface area is 154 Å². The molecule has 1 saturated heterocycles. The number of benzene rings is 1. The molecule has 2 atom stereocenters. The Hall–Kier alpha value is -2.25. The van der Waals surface area contributed by atoms with Gasteiger partial charge < -0.3 is 9.47 Å². The van der Waals surface area contributed by atoms with Gasteiger partial charge in [-0.3, -0.25) is 4.79 Å². The van der Waals surface area contributed by atoms with Gasteiger partial charge in [-0.15, -0.1) is 0 Å². The zero-order valence-electron chi connectivity index (χ0n) is 15.2. The molecule has 2 heterocycles. The van der Waals surface area contributed by atoms with Crippen molar-refractivity contribution in [3.05, 3.63) is 29.3 Å². The van der Waals surface area contributed by atoms with Crippen molar-refractivity contribution in [1.29, 1.82) is 0 Å². The molecule has 146 valence electrons. The van der Waals surface area contributed by atoms with Gasteiger partial charge >= 0.3 is 12.3 Å². The van der Waals surface area contributed by atoms with E-state index in [4.69, 9.17) is 9.47 Å². The molecule has 0 bridgehead atoms. The molecule has 4 rings (SSSR count). The van der Waals surface area contributed by atoms with Gasteiger partial charge in [-0.25, -0.2) is 9.69 Å². The lowest BCUT2D eigenvalue weighted by Gasteiger charge is -2.39. The Morgan fingerprint density at radius 2 is 1.93 bits per heavy atom. The number of alkyl halides is 3. The first-order valence-electron chi connectivity index (χ1n) is 8.86. The zero-order chi connectivity index (χ0) is 19.8. The van der Waals surface area contributed by atoms with E-state index < -0.39 is 41.0 Å². The van der Waals surface area contributed by atoms with Crippen molar-refractivity contribution >= 4 is 12.0 Å². The highest BCUT2D eigenvalue weighted by atomic mass is 19.4. The van der Waals surface area contributed by atoms with Crippen LogP contribution >= 0.6 is 0 Å². The molecule has 1 saturated carbocycles. The maximum absolute atomic E-state index is 13.0. The number of imide groups is 1. The first kappa shape index (κ1) is 18.1. The number of likely N-dealkylation sites (tertiary alicyclic amines) is 1. The molecule has 3 aliphatic rings. The Morgan fingerprint density at radius 3 is 2.48 bits per heavy atom. The Bertz CT molecular complexity index is 823. The van der Waals surface area contributed by atoms with E-state index in [-0.39, 0.29) is 11.7 Å². The molecule has 2 aliphatic heterocycles. The van der Waals surface area contributed by atoms with Crippen molar-refractivity contribution < 1.29 is 32.2 Å². The molecular formula is C19H20F3NO4. The van der Waals surface area contributed by atoms with Gasteiger partial charge in [-0.05, 0) is 45.7 Å². The summed E-state index contributed by atoms with van der Waals surface area (Å²) in [6, 6.07) is 2.41. The molecule has 2 fully saturated rings. The number of carbonyl (C=O) groups excluding carboxylic acids is 2. The van der Waals surface area contributed by atoms with Crippen molar-refractivity contribution in [2.75, 3.05) is 0 Å². The highest BCUT2D eigenvalue weighted by molar-refractivity contribution is 5.98. The van der Waals surface area contributed by atoms with Gasteiger partial charge in [0, 0.05) is 12.0 Å². The average molecular weight is 383 g/mol. The second-order valence-electron chi connectivity index (χ2n) is 8.49. The van der Waals surface area contributed by atoms with Crippen molar-refractivity contribution in [2.24, 2.45) is 5.41 Å². The van der Waals surface area contributed by atoms with Gasteiger partial charge in [0.1, 0.15) is 23.5 Å². The summed E-state index contributed by atoms with van der Waals surface area (Å²) in [5.41, 5.74) is -1.88. The minimum Gasteiger partial charge on any atom is -0.487 e. The van der Waals surface area contributed by atoms with E-state index in [0.29, 0.717) is 24.8 Å². The second kappa shape index (κ2) is 5.39. The van der Waals surface area contributed by atoms with Crippen LogP contribution in [0.2, 0.25) is 0 Å². The number of rotatable bonds is 0. The molecule has 0 aromatic heterocycles. The van der Waals surface area contributed by atoms with E-state index in [2.05, 4.69) is 0 Å². The van der Waals surface area contributed by atoms with Gasteiger partial charge in [-0.2, -0.15) is 13.2 Å². The molecule has 1 aliphatic carbocycles. The van der Waals surface area contributed by atoms with Crippen LogP contribution in [0, 0.1) is 5.41 Å². The van der Waals surface area contributed by atoms with Crippen LogP contribution in [0.3, 0.4) is 0 Å². The molecule has 0 N–H and O–H groups in total. The van der Waals surface area contributed by atoms with Crippen LogP contribution in [0.25, 0.3) is 0 Å². The number of ether oxygens (including phenoxy) is 2. The third-order valence-corrected chi connectivity index (χ3v) is 5.28. The molecule has 2 amide bonds. The van der Waals surface area contributed by atoms with Crippen molar-refractivity contribution in [3.8, 4) is 5.75 Å². The van der Waals surface area contributed by atoms with E-state index in [1.54, 1.807) is 20.8 Å². The van der Waals surface area contributed by atoms with E-state index in [9.17, 15) is 22.8 Å². The van der Waals surface area contributed by atoms with Crippen molar-refractivity contribution in [3.63, 3.8) is 0 Å². The van der Waals surface area contributed by atoms with Gasteiger partial charge in [0.05, 0.1) is 11.0 Å². The summed E-state index contributed by atoms with van der Waals surface area (Å²) in [4.78, 5) is 26.8. The van der Waals surface area contributed by atoms with Gasteiger partial charge in [0.2, 0.25) is 5.91 Å². The molecule has 5 nitrogen and oxygen atoms in total. The monoisotopic (exact) mass is 383 g/mol. The third kappa shape index (κ3) is 2.95. The van der Waals surface area contributed by atoms with Crippen LogP contribution < -0.4 is 4.74 Å². The topological polar surface area (TPSA) is 55.8 Å². The molecule has 0 radical (unpaired) electrons. The predicted octanol–water partition coefficient (Wildman–Crippen LogP) is 4.46. The predicted molar refractivity (Wildman–Crippen MR) is 88.0 cm³/mol. The van der Waals surface area contributed by atoms with E-state index in [1.165, 1.54) is 6.07 Å². The number of hydrogen-bond acceptors (Lipinski definition) is 4. The molecule has 27 heavy (non-hydrogen) atoms. The van der Waals surface area contributed by atoms with E-state index in [1.807, 2.05) is 0 Å². The second-order valence-corrected chi connectivity index (χ2v) is 8.49. The molecule has 1 spiro atoms. The largest absolute Gasteiger partial charge is 0.487 e. The van der Waals surface area contributed by atoms with Gasteiger partial charge in [-0.1, -0.05) is 6.07 Å². The molecule has 0 unspecified atom stereocenters. The van der Waals surface area contributed by atoms with Crippen LogP contribution in [0.1, 0.15) is 57.2 Å². The summed E-state index contributed by atoms with van der Waals surface area (Å²) in [5, 5.41) is 0. The normalized spacial score (nSPS) is 25.7. The number of fused-ring (bicyclic) bond motifs is 3.